The highest BCUT2D eigenvalue weighted by Crippen LogP contribution is 2.19. The van der Waals surface area contributed by atoms with E-state index in [1.807, 2.05) is 37.3 Å². The number of amides is 1. The largest absolute Gasteiger partial charge is 0.313 e. The van der Waals surface area contributed by atoms with E-state index in [0.717, 1.165) is 12.1 Å². The van der Waals surface area contributed by atoms with E-state index >= 15 is 0 Å². The van der Waals surface area contributed by atoms with Gasteiger partial charge in [0.1, 0.15) is 0 Å². The molecule has 0 saturated heterocycles. The second kappa shape index (κ2) is 7.58. The first-order valence-corrected chi connectivity index (χ1v) is 6.83. The molecular formula is C16H22N2O. The lowest BCUT2D eigenvalue weighted by Gasteiger charge is -2.22. The Morgan fingerprint density at radius 3 is 2.42 bits per heavy atom. The molecule has 1 aromatic rings. The zero-order valence-electron chi connectivity index (χ0n) is 12.0. The van der Waals surface area contributed by atoms with Gasteiger partial charge >= 0.3 is 0 Å². The molecule has 1 unspecified atom stereocenters. The van der Waals surface area contributed by atoms with E-state index in [1.165, 1.54) is 0 Å². The van der Waals surface area contributed by atoms with Gasteiger partial charge in [-0.15, -0.1) is 0 Å². The molecule has 1 aromatic carbocycles. The molecule has 1 rings (SSSR count). The van der Waals surface area contributed by atoms with E-state index in [9.17, 15) is 4.79 Å². The van der Waals surface area contributed by atoms with Crippen LogP contribution >= 0.6 is 0 Å². The lowest BCUT2D eigenvalue weighted by Crippen LogP contribution is -2.32. The third-order valence-electron chi connectivity index (χ3n) is 3.04. The van der Waals surface area contributed by atoms with Crippen LogP contribution in [-0.2, 0) is 4.79 Å². The van der Waals surface area contributed by atoms with Crippen molar-refractivity contribution in [3.05, 3.63) is 30.3 Å². The molecule has 0 spiro atoms. The Morgan fingerprint density at radius 2 is 1.95 bits per heavy atom. The van der Waals surface area contributed by atoms with Gasteiger partial charge in [0.25, 0.3) is 0 Å². The van der Waals surface area contributed by atoms with Crippen LogP contribution in [0.25, 0.3) is 0 Å². The van der Waals surface area contributed by atoms with Crippen molar-refractivity contribution in [1.29, 1.82) is 5.26 Å². The van der Waals surface area contributed by atoms with E-state index in [1.54, 1.807) is 4.90 Å². The number of rotatable bonds is 6. The van der Waals surface area contributed by atoms with Crippen LogP contribution in [0.15, 0.2) is 30.3 Å². The summed E-state index contributed by atoms with van der Waals surface area (Å²) in [6.07, 6.45) is 1.08. The molecule has 1 atom stereocenters. The Bertz CT molecular complexity index is 434. The van der Waals surface area contributed by atoms with Crippen LogP contribution in [0.1, 0.15) is 33.6 Å². The Morgan fingerprint density at radius 1 is 1.32 bits per heavy atom. The van der Waals surface area contributed by atoms with Gasteiger partial charge in [0.15, 0.2) is 0 Å². The van der Waals surface area contributed by atoms with E-state index in [0.29, 0.717) is 18.9 Å². The molecule has 0 heterocycles. The van der Waals surface area contributed by atoms with Crippen molar-refractivity contribution in [2.24, 2.45) is 11.8 Å². The van der Waals surface area contributed by atoms with Crippen molar-refractivity contribution in [2.75, 3.05) is 11.4 Å². The highest BCUT2D eigenvalue weighted by Gasteiger charge is 2.19. The molecule has 19 heavy (non-hydrogen) atoms. The maximum atomic E-state index is 12.3. The van der Waals surface area contributed by atoms with Crippen molar-refractivity contribution in [2.45, 2.75) is 33.6 Å². The third kappa shape index (κ3) is 4.75. The highest BCUT2D eigenvalue weighted by atomic mass is 16.2. The smallest absolute Gasteiger partial charge is 0.228 e. The van der Waals surface area contributed by atoms with Crippen molar-refractivity contribution in [3.63, 3.8) is 0 Å². The van der Waals surface area contributed by atoms with Gasteiger partial charge in [-0.2, -0.15) is 5.26 Å². The van der Waals surface area contributed by atoms with Crippen LogP contribution in [0.2, 0.25) is 0 Å². The van der Waals surface area contributed by atoms with Crippen LogP contribution in [0.4, 0.5) is 5.69 Å². The van der Waals surface area contributed by atoms with E-state index < -0.39 is 0 Å². The lowest BCUT2D eigenvalue weighted by molar-refractivity contribution is -0.119. The van der Waals surface area contributed by atoms with Gasteiger partial charge in [-0.1, -0.05) is 32.0 Å². The molecule has 3 heteroatoms. The Hall–Kier alpha value is -1.82. The Balaban J connectivity index is 2.72. The summed E-state index contributed by atoms with van der Waals surface area (Å²) in [4.78, 5) is 14.0. The number of para-hydroxylation sites is 1. The summed E-state index contributed by atoms with van der Waals surface area (Å²) in [7, 11) is 0. The molecule has 1 amide bonds. The van der Waals surface area contributed by atoms with E-state index in [-0.39, 0.29) is 11.8 Å². The third-order valence-corrected chi connectivity index (χ3v) is 3.04. The Labute approximate surface area is 115 Å². The first-order valence-electron chi connectivity index (χ1n) is 6.83. The monoisotopic (exact) mass is 258 g/mol. The van der Waals surface area contributed by atoms with Gasteiger partial charge in [0.05, 0.1) is 12.0 Å². The molecule has 0 fully saturated rings. The molecule has 0 aliphatic heterocycles. The molecule has 0 bridgehead atoms. The van der Waals surface area contributed by atoms with Crippen LogP contribution < -0.4 is 4.90 Å². The minimum Gasteiger partial charge on any atom is -0.313 e. The summed E-state index contributed by atoms with van der Waals surface area (Å²) < 4.78 is 0. The standard InChI is InChI=1S/C16H22N2O/c1-4-18(15-8-6-5-7-9-15)16(19)11-14(12-17)10-13(2)3/h5-9,13-14H,4,10-11H2,1-3H3. The summed E-state index contributed by atoms with van der Waals surface area (Å²) >= 11 is 0. The molecular weight excluding hydrogens is 236 g/mol. The van der Waals surface area contributed by atoms with Gasteiger partial charge in [0.2, 0.25) is 5.91 Å². The fourth-order valence-electron chi connectivity index (χ4n) is 2.18. The van der Waals surface area contributed by atoms with Gasteiger partial charge < -0.3 is 4.90 Å². The predicted octanol–water partition coefficient (Wildman–Crippen LogP) is 3.62. The Kier molecular flexibility index (Phi) is 6.08. The van der Waals surface area contributed by atoms with Crippen molar-refractivity contribution >= 4 is 11.6 Å². The van der Waals surface area contributed by atoms with Gasteiger partial charge in [-0.25, -0.2) is 0 Å². The van der Waals surface area contributed by atoms with Crippen molar-refractivity contribution in [3.8, 4) is 6.07 Å². The normalized spacial score (nSPS) is 11.9. The molecule has 0 radical (unpaired) electrons. The van der Waals surface area contributed by atoms with Crippen LogP contribution in [0, 0.1) is 23.2 Å². The summed E-state index contributed by atoms with van der Waals surface area (Å²) in [6, 6.07) is 11.9. The van der Waals surface area contributed by atoms with E-state index in [2.05, 4.69) is 19.9 Å². The fraction of sp³-hybridized carbons (Fsp3) is 0.500. The van der Waals surface area contributed by atoms with Crippen molar-refractivity contribution < 1.29 is 4.79 Å². The minimum absolute atomic E-state index is 0.0286. The first-order chi connectivity index (χ1) is 9.08. The summed E-state index contributed by atoms with van der Waals surface area (Å²) in [6.45, 7) is 6.73. The fourth-order valence-corrected chi connectivity index (χ4v) is 2.18. The SMILES string of the molecule is CCN(C(=O)CC(C#N)CC(C)C)c1ccccc1. The lowest BCUT2D eigenvalue weighted by atomic mass is 9.95. The number of hydrogen-bond acceptors (Lipinski definition) is 2. The molecule has 0 aliphatic carbocycles. The number of carbonyl (C=O) groups is 1. The van der Waals surface area contributed by atoms with Gasteiger partial charge in [-0.3, -0.25) is 4.79 Å². The summed E-state index contributed by atoms with van der Waals surface area (Å²) in [5.74, 6) is 0.274. The van der Waals surface area contributed by atoms with Crippen LogP contribution in [0.3, 0.4) is 0 Å². The van der Waals surface area contributed by atoms with E-state index in [4.69, 9.17) is 5.26 Å². The molecule has 0 N–H and O–H groups in total. The number of hydrogen-bond donors (Lipinski definition) is 0. The second-order valence-electron chi connectivity index (χ2n) is 5.13. The van der Waals surface area contributed by atoms with Gasteiger partial charge in [-0.05, 0) is 31.4 Å². The quantitative estimate of drug-likeness (QED) is 0.782. The molecule has 0 aromatic heterocycles. The maximum absolute atomic E-state index is 12.3. The maximum Gasteiger partial charge on any atom is 0.228 e. The number of anilines is 1. The number of benzene rings is 1. The zero-order valence-corrected chi connectivity index (χ0v) is 12.0. The first kappa shape index (κ1) is 15.2. The second-order valence-corrected chi connectivity index (χ2v) is 5.13. The van der Waals surface area contributed by atoms with Gasteiger partial charge in [0, 0.05) is 18.7 Å². The number of nitrogens with zero attached hydrogens (tertiary/aromatic N) is 2. The molecule has 3 nitrogen and oxygen atoms in total. The zero-order chi connectivity index (χ0) is 14.3. The number of nitriles is 1. The topological polar surface area (TPSA) is 44.1 Å². The average molecular weight is 258 g/mol. The predicted molar refractivity (Wildman–Crippen MR) is 77.6 cm³/mol. The molecule has 102 valence electrons. The average Bonchev–Trinajstić information content (AvgIpc) is 2.39. The van der Waals surface area contributed by atoms with Crippen molar-refractivity contribution in [1.82, 2.24) is 0 Å². The highest BCUT2D eigenvalue weighted by molar-refractivity contribution is 5.93. The minimum atomic E-state index is -0.190. The van der Waals surface area contributed by atoms with Crippen LogP contribution in [-0.4, -0.2) is 12.5 Å². The number of carbonyl (C=O) groups excluding carboxylic acids is 1. The summed E-state index contributed by atoms with van der Waals surface area (Å²) in [5, 5.41) is 9.13. The summed E-state index contributed by atoms with van der Waals surface area (Å²) in [5.41, 5.74) is 0.899. The molecule has 0 aliphatic rings. The van der Waals surface area contributed by atoms with Crippen LogP contribution in [0.5, 0.6) is 0 Å². The molecule has 0 saturated carbocycles.